The zero-order chi connectivity index (χ0) is 16.7. The molecule has 0 N–H and O–H groups in total. The van der Waals surface area contributed by atoms with Crippen molar-refractivity contribution < 1.29 is 4.39 Å². The number of hydrogen-bond donors (Lipinski definition) is 0. The molecule has 0 aliphatic carbocycles. The highest BCUT2D eigenvalue weighted by atomic mass is 32.1. The van der Waals surface area contributed by atoms with Crippen molar-refractivity contribution in [2.24, 2.45) is 9.98 Å². The SMILES string of the molecule is C[B]c1ccc(-c2cc(F)c(-c3ccc([B]C)s3)c3c2=NCN=3)s1. The summed E-state index contributed by atoms with van der Waals surface area (Å²) >= 11 is 3.22. The summed E-state index contributed by atoms with van der Waals surface area (Å²) in [5.74, 6) is -0.232. The largest absolute Gasteiger partial charge is 0.259 e. The third kappa shape index (κ3) is 2.56. The number of fused-ring (bicyclic) bond motifs is 1. The molecular weight excluding hydrogens is 337 g/mol. The summed E-state index contributed by atoms with van der Waals surface area (Å²) in [5.41, 5.74) is 1.41. The van der Waals surface area contributed by atoms with Crippen molar-refractivity contribution in [2.45, 2.75) is 13.6 Å². The van der Waals surface area contributed by atoms with E-state index in [1.807, 2.05) is 45.2 Å². The summed E-state index contributed by atoms with van der Waals surface area (Å²) in [6.45, 7) is 4.36. The van der Waals surface area contributed by atoms with Crippen LogP contribution in [-0.4, -0.2) is 21.2 Å². The maximum atomic E-state index is 15.0. The van der Waals surface area contributed by atoms with Gasteiger partial charge in [0.2, 0.25) is 0 Å². The van der Waals surface area contributed by atoms with Crippen LogP contribution in [0.1, 0.15) is 0 Å². The molecule has 2 radical (unpaired) electrons. The van der Waals surface area contributed by atoms with E-state index >= 15 is 0 Å². The molecule has 0 fully saturated rings. The van der Waals surface area contributed by atoms with Gasteiger partial charge in [-0.15, -0.1) is 0 Å². The van der Waals surface area contributed by atoms with Crippen molar-refractivity contribution in [1.29, 1.82) is 0 Å². The van der Waals surface area contributed by atoms with Crippen LogP contribution in [0, 0.1) is 5.82 Å². The summed E-state index contributed by atoms with van der Waals surface area (Å²) in [6.07, 6.45) is 0. The molecule has 7 heteroatoms. The molecule has 0 saturated carbocycles. The third-order valence-electron chi connectivity index (χ3n) is 4.02. The van der Waals surface area contributed by atoms with Gasteiger partial charge in [0.15, 0.2) is 14.6 Å². The predicted molar refractivity (Wildman–Crippen MR) is 103 cm³/mol. The van der Waals surface area contributed by atoms with Gasteiger partial charge < -0.3 is 0 Å². The molecule has 0 bridgehead atoms. The Bertz CT molecular complexity index is 1040. The fraction of sp³-hybridized carbons (Fsp3) is 0.176. The zero-order valence-corrected chi connectivity index (χ0v) is 15.0. The van der Waals surface area contributed by atoms with E-state index in [0.717, 1.165) is 25.5 Å². The second-order valence-electron chi connectivity index (χ2n) is 5.42. The first-order valence-corrected chi connectivity index (χ1v) is 9.35. The van der Waals surface area contributed by atoms with Crippen LogP contribution in [-0.2, 0) is 0 Å². The van der Waals surface area contributed by atoms with Crippen LogP contribution < -0.4 is 20.3 Å². The summed E-state index contributed by atoms with van der Waals surface area (Å²) in [5, 5.41) is 1.50. The minimum absolute atomic E-state index is 0.232. The van der Waals surface area contributed by atoms with E-state index in [0.29, 0.717) is 17.6 Å². The van der Waals surface area contributed by atoms with Crippen molar-refractivity contribution in [2.75, 3.05) is 6.67 Å². The first-order valence-electron chi connectivity index (χ1n) is 7.72. The lowest BCUT2D eigenvalue weighted by Crippen LogP contribution is -2.27. The van der Waals surface area contributed by atoms with Crippen LogP contribution in [0.15, 0.2) is 40.3 Å². The fourth-order valence-electron chi connectivity index (χ4n) is 2.83. The molecule has 1 aliphatic heterocycles. The van der Waals surface area contributed by atoms with Gasteiger partial charge in [0.1, 0.15) is 12.5 Å². The van der Waals surface area contributed by atoms with Gasteiger partial charge in [0, 0.05) is 15.3 Å². The Morgan fingerprint density at radius 1 is 0.917 bits per heavy atom. The predicted octanol–water partition coefficient (Wildman–Crippen LogP) is 2.25. The number of benzene rings is 1. The van der Waals surface area contributed by atoms with Crippen molar-refractivity contribution in [3.8, 4) is 20.9 Å². The van der Waals surface area contributed by atoms with E-state index in [1.54, 1.807) is 28.7 Å². The topological polar surface area (TPSA) is 24.7 Å². The molecule has 0 spiro atoms. The molecule has 3 heterocycles. The minimum atomic E-state index is -0.232. The number of hydrogen-bond acceptors (Lipinski definition) is 4. The third-order valence-corrected chi connectivity index (χ3v) is 6.37. The van der Waals surface area contributed by atoms with E-state index in [1.165, 1.54) is 4.78 Å². The van der Waals surface area contributed by atoms with Crippen LogP contribution in [0.5, 0.6) is 0 Å². The van der Waals surface area contributed by atoms with Crippen molar-refractivity contribution in [1.82, 2.24) is 0 Å². The standard InChI is InChI=1S/C17H13B2FN2S2/c1-18-13-5-3-11(23-13)9-7-10(20)15(17-16(9)21-8-22-17)12-4-6-14(19-2)24-12/h3-7H,8H2,1-2H3. The monoisotopic (exact) mass is 350 g/mol. The summed E-state index contributed by atoms with van der Waals surface area (Å²) in [7, 11) is 4.08. The van der Waals surface area contributed by atoms with Gasteiger partial charge in [0.05, 0.1) is 16.3 Å². The van der Waals surface area contributed by atoms with Crippen LogP contribution in [0.4, 0.5) is 4.39 Å². The van der Waals surface area contributed by atoms with Crippen molar-refractivity contribution in [3.05, 3.63) is 46.9 Å². The zero-order valence-electron chi connectivity index (χ0n) is 13.3. The average Bonchev–Trinajstić information content (AvgIpc) is 3.33. The Balaban J connectivity index is 1.94. The Morgan fingerprint density at radius 3 is 2.21 bits per heavy atom. The number of rotatable bonds is 4. The molecule has 0 amide bonds. The van der Waals surface area contributed by atoms with E-state index in [4.69, 9.17) is 0 Å². The number of nitrogens with zero attached hydrogens (tertiary/aromatic N) is 2. The van der Waals surface area contributed by atoms with Gasteiger partial charge in [-0.25, -0.2) is 4.39 Å². The highest BCUT2D eigenvalue weighted by molar-refractivity contribution is 7.24. The highest BCUT2D eigenvalue weighted by Gasteiger charge is 2.19. The normalized spacial score (nSPS) is 12.5. The smallest absolute Gasteiger partial charge is 0.162 e. The first kappa shape index (κ1) is 15.8. The van der Waals surface area contributed by atoms with Gasteiger partial charge in [-0.05, 0) is 27.8 Å². The summed E-state index contributed by atoms with van der Waals surface area (Å²) < 4.78 is 17.3. The Labute approximate surface area is 149 Å². The molecule has 4 rings (SSSR count). The molecule has 2 nitrogen and oxygen atoms in total. The molecule has 1 aliphatic rings. The second kappa shape index (κ2) is 6.30. The lowest BCUT2D eigenvalue weighted by molar-refractivity contribution is 0.630. The maximum Gasteiger partial charge on any atom is 0.162 e. The Kier molecular flexibility index (Phi) is 4.14. The number of halogens is 1. The lowest BCUT2D eigenvalue weighted by Gasteiger charge is -2.04. The van der Waals surface area contributed by atoms with Gasteiger partial charge >= 0.3 is 0 Å². The van der Waals surface area contributed by atoms with E-state index < -0.39 is 0 Å². The summed E-state index contributed by atoms with van der Waals surface area (Å²) in [4.78, 5) is 10.9. The molecule has 0 saturated heterocycles. The van der Waals surface area contributed by atoms with Crippen LogP contribution >= 0.6 is 22.7 Å². The summed E-state index contributed by atoms with van der Waals surface area (Å²) in [6, 6.07) is 9.65. The molecular formula is C17H13B2FN2S2. The number of thiophene rings is 2. The van der Waals surface area contributed by atoms with Crippen LogP contribution in [0.2, 0.25) is 13.6 Å². The van der Waals surface area contributed by atoms with Gasteiger partial charge in [-0.3, -0.25) is 9.98 Å². The first-order chi connectivity index (χ1) is 11.7. The van der Waals surface area contributed by atoms with Gasteiger partial charge in [-0.1, -0.05) is 25.8 Å². The Morgan fingerprint density at radius 2 is 1.54 bits per heavy atom. The van der Waals surface area contributed by atoms with Gasteiger partial charge in [-0.2, -0.15) is 22.7 Å². The minimum Gasteiger partial charge on any atom is -0.259 e. The van der Waals surface area contributed by atoms with Crippen molar-refractivity contribution >= 4 is 46.8 Å². The van der Waals surface area contributed by atoms with E-state index in [9.17, 15) is 4.39 Å². The van der Waals surface area contributed by atoms with Crippen LogP contribution in [0.25, 0.3) is 20.9 Å². The second-order valence-corrected chi connectivity index (χ2v) is 7.65. The molecule has 3 aromatic rings. The molecule has 0 unspecified atom stereocenters. The fourth-order valence-corrected chi connectivity index (χ4v) is 4.68. The van der Waals surface area contributed by atoms with Crippen molar-refractivity contribution in [3.63, 3.8) is 0 Å². The molecule has 116 valence electrons. The maximum absolute atomic E-state index is 15.0. The molecule has 2 aromatic heterocycles. The van der Waals surface area contributed by atoms with E-state index in [2.05, 4.69) is 17.3 Å². The van der Waals surface area contributed by atoms with E-state index in [-0.39, 0.29) is 5.82 Å². The van der Waals surface area contributed by atoms with Gasteiger partial charge in [0.25, 0.3) is 0 Å². The average molecular weight is 350 g/mol. The highest BCUT2D eigenvalue weighted by Crippen LogP contribution is 2.27. The molecule has 1 aromatic carbocycles. The Hall–Kier alpha value is -1.72. The molecule has 24 heavy (non-hydrogen) atoms. The lowest BCUT2D eigenvalue weighted by atomic mass is 9.81. The van der Waals surface area contributed by atoms with Crippen LogP contribution in [0.3, 0.4) is 0 Å². The quantitative estimate of drug-likeness (QED) is 0.645. The molecule has 0 atom stereocenters.